The van der Waals surface area contributed by atoms with Crippen LogP contribution in [0.2, 0.25) is 0 Å². The molecular formula is C38H30Be. The van der Waals surface area contributed by atoms with Gasteiger partial charge in [-0.1, -0.05) is 170 Å². The Balaban J connectivity index is 0.000000180. The van der Waals surface area contributed by atoms with Crippen molar-refractivity contribution >= 4 is 64.0 Å². The maximum atomic E-state index is 2.21. The van der Waals surface area contributed by atoms with E-state index in [9.17, 15) is 0 Å². The molecule has 0 N–H and O–H groups in total. The molecule has 0 fully saturated rings. The van der Waals surface area contributed by atoms with Crippen molar-refractivity contribution in [3.8, 4) is 0 Å². The van der Waals surface area contributed by atoms with Gasteiger partial charge in [-0.05, 0) is 53.9 Å². The van der Waals surface area contributed by atoms with Crippen LogP contribution in [-0.4, -0.2) is 10.1 Å². The Bertz CT molecular complexity index is 1680. The second kappa shape index (κ2) is 12.2. The van der Waals surface area contributed by atoms with Crippen LogP contribution >= 0.6 is 0 Å². The molecule has 0 amide bonds. The Morgan fingerprint density at radius 3 is 0.667 bits per heavy atom. The van der Waals surface area contributed by atoms with Gasteiger partial charge in [0, 0.05) is 0 Å². The van der Waals surface area contributed by atoms with Crippen LogP contribution in [0.15, 0.2) is 170 Å². The molecule has 0 nitrogen and oxygen atoms in total. The summed E-state index contributed by atoms with van der Waals surface area (Å²) >= 11 is 0. The standard InChI is InChI=1S/C18H12.C14H10.C6H6.Be.2H/c1-2-8-14-13(7-1)15-9-3-4-11-17(15)18-12-6-5-10-16(14)18;1-3-7-13-11(5-1)9-10-12-6-2-4-8-14(12)13;1-2-4-6-5-3-1;;;/h1-12H;1-10H;1-6H;;;/q;;;+2;2*-1. The Labute approximate surface area is 236 Å². The summed E-state index contributed by atoms with van der Waals surface area (Å²) in [6.07, 6.45) is 0. The molecule has 1 heteroatoms. The van der Waals surface area contributed by atoms with Gasteiger partial charge in [0.25, 0.3) is 0 Å². The van der Waals surface area contributed by atoms with Crippen molar-refractivity contribution < 1.29 is 2.85 Å². The fraction of sp³-hybridized carbons (Fsp3) is 0. The normalized spacial score (nSPS) is 10.4. The molecule has 0 bridgehead atoms. The minimum atomic E-state index is 0. The van der Waals surface area contributed by atoms with Crippen molar-refractivity contribution in [2.45, 2.75) is 0 Å². The molecule has 8 rings (SSSR count). The van der Waals surface area contributed by atoms with E-state index >= 15 is 0 Å². The van der Waals surface area contributed by atoms with Crippen LogP contribution < -0.4 is 0 Å². The largest absolute Gasteiger partial charge is 2.00 e. The number of rotatable bonds is 0. The summed E-state index contributed by atoms with van der Waals surface area (Å²) < 4.78 is 0. The molecule has 0 aliphatic heterocycles. The summed E-state index contributed by atoms with van der Waals surface area (Å²) in [5, 5.41) is 13.3. The molecule has 0 spiro atoms. The first-order valence-corrected chi connectivity index (χ1v) is 13.0. The second-order valence-electron chi connectivity index (χ2n) is 9.30. The first-order chi connectivity index (χ1) is 18.9. The number of hydrogen-bond acceptors (Lipinski definition) is 0. The molecule has 184 valence electrons. The molecule has 0 saturated carbocycles. The van der Waals surface area contributed by atoms with Crippen molar-refractivity contribution in [1.29, 1.82) is 0 Å². The molecule has 8 aromatic rings. The predicted octanol–water partition coefficient (Wildman–Crippen LogP) is 10.7. The molecule has 0 aliphatic rings. The third-order valence-electron chi connectivity index (χ3n) is 6.97. The van der Waals surface area contributed by atoms with Gasteiger partial charge in [0.15, 0.2) is 0 Å². The predicted molar refractivity (Wildman–Crippen MR) is 175 cm³/mol. The van der Waals surface area contributed by atoms with E-state index in [1.54, 1.807) is 0 Å². The molecule has 8 aromatic carbocycles. The van der Waals surface area contributed by atoms with E-state index in [0.717, 1.165) is 0 Å². The van der Waals surface area contributed by atoms with Crippen molar-refractivity contribution in [1.82, 2.24) is 0 Å². The van der Waals surface area contributed by atoms with Crippen LogP contribution in [0, 0.1) is 0 Å². The first-order valence-electron chi connectivity index (χ1n) is 13.0. The van der Waals surface area contributed by atoms with Crippen molar-refractivity contribution in [3.63, 3.8) is 0 Å². The van der Waals surface area contributed by atoms with Gasteiger partial charge in [-0.3, -0.25) is 0 Å². The quantitative estimate of drug-likeness (QED) is 0.145. The molecule has 0 aromatic heterocycles. The third kappa shape index (κ3) is 5.43. The van der Waals surface area contributed by atoms with Crippen molar-refractivity contribution in [2.24, 2.45) is 0 Å². The van der Waals surface area contributed by atoms with E-state index in [4.69, 9.17) is 0 Å². The van der Waals surface area contributed by atoms with E-state index in [-0.39, 0.29) is 13.0 Å². The van der Waals surface area contributed by atoms with Gasteiger partial charge in [0.1, 0.15) is 0 Å². The average molecular weight is 496 g/mol. The minimum absolute atomic E-state index is 0. The summed E-state index contributed by atoms with van der Waals surface area (Å²) in [5.41, 5.74) is 0. The van der Waals surface area contributed by atoms with Crippen LogP contribution in [0.3, 0.4) is 0 Å². The zero-order valence-electron chi connectivity index (χ0n) is 23.9. The number of fused-ring (bicyclic) bond motifs is 9. The topological polar surface area (TPSA) is 0 Å². The summed E-state index contributed by atoms with van der Waals surface area (Å²) in [6, 6.07) is 59.3. The molecule has 0 radical (unpaired) electrons. The summed E-state index contributed by atoms with van der Waals surface area (Å²) in [6.45, 7) is 0. The SMILES string of the molecule is [Be+2].[H-].[H-].c1ccc2c(c1)c1ccccc1c1ccccc21.c1ccc2c(c1)ccc1ccccc12.c1ccccc1. The Morgan fingerprint density at radius 1 is 0.205 bits per heavy atom. The second-order valence-corrected chi connectivity index (χ2v) is 9.30. The van der Waals surface area contributed by atoms with E-state index in [1.807, 2.05) is 36.4 Å². The summed E-state index contributed by atoms with van der Waals surface area (Å²) in [4.78, 5) is 0. The van der Waals surface area contributed by atoms with Gasteiger partial charge >= 0.3 is 10.1 Å². The van der Waals surface area contributed by atoms with Crippen molar-refractivity contribution in [2.75, 3.05) is 0 Å². The smallest absolute Gasteiger partial charge is 1.00 e. The molecule has 0 saturated heterocycles. The monoisotopic (exact) mass is 495 g/mol. The van der Waals surface area contributed by atoms with E-state index in [1.165, 1.54) is 53.9 Å². The first kappa shape index (κ1) is 25.9. The van der Waals surface area contributed by atoms with Crippen LogP contribution in [-0.2, 0) is 0 Å². The third-order valence-corrected chi connectivity index (χ3v) is 6.97. The van der Waals surface area contributed by atoms with Crippen LogP contribution in [0.4, 0.5) is 0 Å². The maximum Gasteiger partial charge on any atom is 2.00 e. The molecule has 0 aliphatic carbocycles. The van der Waals surface area contributed by atoms with Crippen LogP contribution in [0.5, 0.6) is 0 Å². The van der Waals surface area contributed by atoms with Gasteiger partial charge in [-0.2, -0.15) is 0 Å². The minimum Gasteiger partial charge on any atom is -1.00 e. The fourth-order valence-corrected chi connectivity index (χ4v) is 5.20. The molecule has 39 heavy (non-hydrogen) atoms. The zero-order valence-corrected chi connectivity index (χ0v) is 21.9. The Kier molecular flexibility index (Phi) is 8.08. The maximum absolute atomic E-state index is 2.21. The van der Waals surface area contributed by atoms with E-state index in [2.05, 4.69) is 133 Å². The van der Waals surface area contributed by atoms with Crippen molar-refractivity contribution in [3.05, 3.63) is 170 Å². The van der Waals surface area contributed by atoms with Gasteiger partial charge < -0.3 is 2.85 Å². The van der Waals surface area contributed by atoms with Gasteiger partial charge in [-0.25, -0.2) is 0 Å². The number of hydrogen-bond donors (Lipinski definition) is 0. The Morgan fingerprint density at radius 2 is 0.410 bits per heavy atom. The molecule has 0 atom stereocenters. The summed E-state index contributed by atoms with van der Waals surface area (Å²) in [5.74, 6) is 0. The molecule has 0 heterocycles. The zero-order chi connectivity index (χ0) is 25.6. The van der Waals surface area contributed by atoms with Gasteiger partial charge in [-0.15, -0.1) is 0 Å². The van der Waals surface area contributed by atoms with Gasteiger partial charge in [0.05, 0.1) is 0 Å². The fourth-order valence-electron chi connectivity index (χ4n) is 5.20. The van der Waals surface area contributed by atoms with Crippen LogP contribution in [0.25, 0.3) is 53.9 Å². The Hall–Kier alpha value is -4.77. The van der Waals surface area contributed by atoms with E-state index < -0.39 is 0 Å². The van der Waals surface area contributed by atoms with Gasteiger partial charge in [0.2, 0.25) is 0 Å². The number of benzene rings is 8. The van der Waals surface area contributed by atoms with E-state index in [0.29, 0.717) is 0 Å². The van der Waals surface area contributed by atoms with Crippen LogP contribution in [0.1, 0.15) is 2.85 Å². The summed E-state index contributed by atoms with van der Waals surface area (Å²) in [7, 11) is 0. The average Bonchev–Trinajstić information content (AvgIpc) is 3.03. The molecule has 0 unspecified atom stereocenters. The molecular weight excluding hydrogens is 465 g/mol.